The highest BCUT2D eigenvalue weighted by Crippen LogP contribution is 2.10. The van der Waals surface area contributed by atoms with Crippen LogP contribution in [0.5, 0.6) is 5.75 Å². The van der Waals surface area contributed by atoms with Crippen molar-refractivity contribution in [2.45, 2.75) is 13.5 Å². The van der Waals surface area contributed by atoms with Crippen LogP contribution in [-0.2, 0) is 11.3 Å². The summed E-state index contributed by atoms with van der Waals surface area (Å²) in [4.78, 5) is 23.8. The Bertz CT molecular complexity index is 681. The molecule has 0 saturated carbocycles. The molecule has 120 valence electrons. The SMILES string of the molecule is COc1ccc(CNC(=O)CNC(=O)c2ccccc2C)cc1. The highest BCUT2D eigenvalue weighted by molar-refractivity contribution is 5.97. The molecular formula is C18H20N2O3. The molecule has 5 nitrogen and oxygen atoms in total. The van der Waals surface area contributed by atoms with Crippen molar-refractivity contribution < 1.29 is 14.3 Å². The average Bonchev–Trinajstić information content (AvgIpc) is 2.58. The van der Waals surface area contributed by atoms with Gasteiger partial charge in [-0.05, 0) is 36.2 Å². The first kappa shape index (κ1) is 16.5. The summed E-state index contributed by atoms with van der Waals surface area (Å²) in [7, 11) is 1.61. The quantitative estimate of drug-likeness (QED) is 0.858. The van der Waals surface area contributed by atoms with Gasteiger partial charge in [-0.1, -0.05) is 30.3 Å². The van der Waals surface area contributed by atoms with Crippen molar-refractivity contribution >= 4 is 11.8 Å². The van der Waals surface area contributed by atoms with E-state index in [0.717, 1.165) is 16.9 Å². The third kappa shape index (κ3) is 4.85. The van der Waals surface area contributed by atoms with Gasteiger partial charge in [0.25, 0.3) is 5.91 Å². The molecule has 0 spiro atoms. The number of rotatable bonds is 6. The smallest absolute Gasteiger partial charge is 0.251 e. The minimum Gasteiger partial charge on any atom is -0.497 e. The first-order valence-electron chi connectivity index (χ1n) is 7.33. The second-order valence-corrected chi connectivity index (χ2v) is 5.12. The zero-order chi connectivity index (χ0) is 16.7. The first-order valence-corrected chi connectivity index (χ1v) is 7.33. The van der Waals surface area contributed by atoms with Gasteiger partial charge in [0.1, 0.15) is 5.75 Å². The maximum atomic E-state index is 12.0. The van der Waals surface area contributed by atoms with Gasteiger partial charge in [0.05, 0.1) is 13.7 Å². The van der Waals surface area contributed by atoms with E-state index in [2.05, 4.69) is 10.6 Å². The van der Waals surface area contributed by atoms with Crippen molar-refractivity contribution in [2.24, 2.45) is 0 Å². The largest absolute Gasteiger partial charge is 0.497 e. The minimum absolute atomic E-state index is 0.0523. The Morgan fingerprint density at radius 1 is 1.00 bits per heavy atom. The van der Waals surface area contributed by atoms with E-state index in [1.54, 1.807) is 19.2 Å². The zero-order valence-electron chi connectivity index (χ0n) is 13.3. The third-order valence-corrected chi connectivity index (χ3v) is 3.45. The van der Waals surface area contributed by atoms with Crippen LogP contribution in [-0.4, -0.2) is 25.5 Å². The predicted octanol–water partition coefficient (Wildman–Crippen LogP) is 2.05. The van der Waals surface area contributed by atoms with Crippen LogP contribution in [0.1, 0.15) is 21.5 Å². The van der Waals surface area contributed by atoms with E-state index in [1.807, 2.05) is 43.3 Å². The number of methoxy groups -OCH3 is 1. The van der Waals surface area contributed by atoms with Crippen molar-refractivity contribution in [2.75, 3.05) is 13.7 Å². The molecule has 2 amide bonds. The van der Waals surface area contributed by atoms with Crippen LogP contribution in [0.15, 0.2) is 48.5 Å². The molecule has 23 heavy (non-hydrogen) atoms. The molecule has 0 aliphatic rings. The molecule has 0 bridgehead atoms. The molecule has 0 radical (unpaired) electrons. The summed E-state index contributed by atoms with van der Waals surface area (Å²) in [6, 6.07) is 14.7. The fraction of sp³-hybridized carbons (Fsp3) is 0.222. The highest BCUT2D eigenvalue weighted by atomic mass is 16.5. The van der Waals surface area contributed by atoms with Crippen molar-refractivity contribution in [1.82, 2.24) is 10.6 Å². The van der Waals surface area contributed by atoms with Crippen LogP contribution >= 0.6 is 0 Å². The number of hydrogen-bond donors (Lipinski definition) is 2. The lowest BCUT2D eigenvalue weighted by Gasteiger charge is -2.09. The van der Waals surface area contributed by atoms with Crippen LogP contribution in [0.4, 0.5) is 0 Å². The van der Waals surface area contributed by atoms with E-state index in [-0.39, 0.29) is 18.4 Å². The molecule has 0 aromatic heterocycles. The van der Waals surface area contributed by atoms with Gasteiger partial charge in [0.2, 0.25) is 5.91 Å². The van der Waals surface area contributed by atoms with E-state index in [4.69, 9.17) is 4.74 Å². The minimum atomic E-state index is -0.248. The average molecular weight is 312 g/mol. The molecule has 0 aliphatic heterocycles. The fourth-order valence-corrected chi connectivity index (χ4v) is 2.09. The van der Waals surface area contributed by atoms with Crippen molar-refractivity contribution in [1.29, 1.82) is 0 Å². The van der Waals surface area contributed by atoms with Crippen molar-refractivity contribution in [3.8, 4) is 5.75 Å². The molecule has 2 rings (SSSR count). The standard InChI is InChI=1S/C18H20N2O3/c1-13-5-3-4-6-16(13)18(22)20-12-17(21)19-11-14-7-9-15(23-2)10-8-14/h3-10H,11-12H2,1-2H3,(H,19,21)(H,20,22). The Balaban J connectivity index is 1.78. The molecule has 0 saturated heterocycles. The van der Waals surface area contributed by atoms with Gasteiger partial charge in [-0.15, -0.1) is 0 Å². The summed E-state index contributed by atoms with van der Waals surface area (Å²) in [5, 5.41) is 5.39. The fourth-order valence-electron chi connectivity index (χ4n) is 2.09. The Hall–Kier alpha value is -2.82. The highest BCUT2D eigenvalue weighted by Gasteiger charge is 2.09. The molecular weight excluding hydrogens is 292 g/mol. The predicted molar refractivity (Wildman–Crippen MR) is 88.4 cm³/mol. The second-order valence-electron chi connectivity index (χ2n) is 5.12. The van der Waals surface area contributed by atoms with Gasteiger partial charge in [0.15, 0.2) is 0 Å². The van der Waals surface area contributed by atoms with Gasteiger partial charge in [-0.25, -0.2) is 0 Å². The molecule has 0 aliphatic carbocycles. The van der Waals surface area contributed by atoms with Gasteiger partial charge >= 0.3 is 0 Å². The summed E-state index contributed by atoms with van der Waals surface area (Å²) in [5.41, 5.74) is 2.42. The summed E-state index contributed by atoms with van der Waals surface area (Å²) in [5.74, 6) is 0.288. The lowest BCUT2D eigenvalue weighted by Crippen LogP contribution is -2.36. The molecule has 2 aromatic rings. The molecule has 2 aromatic carbocycles. The van der Waals surface area contributed by atoms with E-state index >= 15 is 0 Å². The Labute approximate surface area is 135 Å². The van der Waals surface area contributed by atoms with Crippen LogP contribution in [0.25, 0.3) is 0 Å². The van der Waals surface area contributed by atoms with E-state index in [9.17, 15) is 9.59 Å². The molecule has 0 atom stereocenters. The van der Waals surface area contributed by atoms with Crippen LogP contribution in [0.3, 0.4) is 0 Å². The maximum absolute atomic E-state index is 12.0. The number of aryl methyl sites for hydroxylation is 1. The van der Waals surface area contributed by atoms with Crippen molar-refractivity contribution in [3.63, 3.8) is 0 Å². The van der Waals surface area contributed by atoms with E-state index < -0.39 is 0 Å². The summed E-state index contributed by atoms with van der Waals surface area (Å²) in [6.45, 7) is 2.21. The molecule has 0 heterocycles. The number of benzene rings is 2. The number of nitrogens with one attached hydrogen (secondary N) is 2. The van der Waals surface area contributed by atoms with Crippen LogP contribution in [0.2, 0.25) is 0 Å². The van der Waals surface area contributed by atoms with Crippen LogP contribution in [0, 0.1) is 6.92 Å². The number of carbonyl (C=O) groups is 2. The second kappa shape index (κ2) is 7.98. The van der Waals surface area contributed by atoms with E-state index in [0.29, 0.717) is 12.1 Å². The van der Waals surface area contributed by atoms with Gasteiger partial charge in [0, 0.05) is 12.1 Å². The zero-order valence-corrected chi connectivity index (χ0v) is 13.3. The Kier molecular flexibility index (Phi) is 5.74. The Morgan fingerprint density at radius 2 is 1.70 bits per heavy atom. The summed E-state index contributed by atoms with van der Waals surface area (Å²) in [6.07, 6.45) is 0. The lowest BCUT2D eigenvalue weighted by molar-refractivity contribution is -0.120. The molecule has 5 heteroatoms. The molecule has 2 N–H and O–H groups in total. The molecule has 0 fully saturated rings. The molecule has 0 unspecified atom stereocenters. The van der Waals surface area contributed by atoms with Gasteiger partial charge < -0.3 is 15.4 Å². The topological polar surface area (TPSA) is 67.4 Å². The number of amides is 2. The maximum Gasteiger partial charge on any atom is 0.251 e. The number of hydrogen-bond acceptors (Lipinski definition) is 3. The Morgan fingerprint density at radius 3 is 2.35 bits per heavy atom. The first-order chi connectivity index (χ1) is 11.1. The number of ether oxygens (including phenoxy) is 1. The monoisotopic (exact) mass is 312 g/mol. The summed E-state index contributed by atoms with van der Waals surface area (Å²) < 4.78 is 5.08. The number of carbonyl (C=O) groups excluding carboxylic acids is 2. The van der Waals surface area contributed by atoms with Gasteiger partial charge in [-0.3, -0.25) is 9.59 Å². The third-order valence-electron chi connectivity index (χ3n) is 3.45. The van der Waals surface area contributed by atoms with Gasteiger partial charge in [-0.2, -0.15) is 0 Å². The van der Waals surface area contributed by atoms with Crippen molar-refractivity contribution in [3.05, 3.63) is 65.2 Å². The normalized spacial score (nSPS) is 10.0. The van der Waals surface area contributed by atoms with E-state index in [1.165, 1.54) is 0 Å². The van der Waals surface area contributed by atoms with Crippen LogP contribution < -0.4 is 15.4 Å². The summed E-state index contributed by atoms with van der Waals surface area (Å²) >= 11 is 0. The lowest BCUT2D eigenvalue weighted by atomic mass is 10.1.